The second kappa shape index (κ2) is 7.58. The Bertz CT molecular complexity index is 656. The first-order valence-corrected chi connectivity index (χ1v) is 7.55. The van der Waals surface area contributed by atoms with Gasteiger partial charge in [-0.15, -0.1) is 0 Å². The SMILES string of the molecule is C[C@H](OC(=O)c1ccc(CN2CCCC2=O)cc1)C(=O)NC(N)=O. The Labute approximate surface area is 138 Å². The molecule has 0 aliphatic carbocycles. The molecule has 1 aromatic carbocycles. The number of nitrogens with zero attached hydrogens (tertiary/aromatic N) is 1. The van der Waals surface area contributed by atoms with Crippen molar-refractivity contribution in [2.45, 2.75) is 32.4 Å². The largest absolute Gasteiger partial charge is 0.449 e. The zero-order valence-corrected chi connectivity index (χ0v) is 13.3. The van der Waals surface area contributed by atoms with Crippen molar-refractivity contribution < 1.29 is 23.9 Å². The molecule has 1 atom stereocenters. The average Bonchev–Trinajstić information content (AvgIpc) is 2.92. The molecular weight excluding hydrogens is 314 g/mol. The molecule has 1 fully saturated rings. The van der Waals surface area contributed by atoms with Gasteiger partial charge in [0.1, 0.15) is 0 Å². The highest BCUT2D eigenvalue weighted by molar-refractivity contribution is 5.98. The summed E-state index contributed by atoms with van der Waals surface area (Å²) in [7, 11) is 0. The molecule has 128 valence electrons. The minimum absolute atomic E-state index is 0.132. The monoisotopic (exact) mass is 333 g/mol. The van der Waals surface area contributed by atoms with Crippen LogP contribution in [0, 0.1) is 0 Å². The summed E-state index contributed by atoms with van der Waals surface area (Å²) < 4.78 is 4.97. The molecule has 1 aliphatic heterocycles. The molecule has 2 rings (SSSR count). The summed E-state index contributed by atoms with van der Waals surface area (Å²) in [5.74, 6) is -1.35. The summed E-state index contributed by atoms with van der Waals surface area (Å²) in [5, 5.41) is 1.84. The number of primary amides is 1. The van der Waals surface area contributed by atoms with Crippen molar-refractivity contribution in [2.75, 3.05) is 6.54 Å². The Balaban J connectivity index is 1.92. The van der Waals surface area contributed by atoms with E-state index in [0.717, 1.165) is 18.5 Å². The summed E-state index contributed by atoms with van der Waals surface area (Å²) in [6.07, 6.45) is 0.302. The smallest absolute Gasteiger partial charge is 0.338 e. The van der Waals surface area contributed by atoms with Gasteiger partial charge in [0, 0.05) is 19.5 Å². The van der Waals surface area contributed by atoms with Gasteiger partial charge in [-0.2, -0.15) is 0 Å². The molecule has 0 spiro atoms. The van der Waals surface area contributed by atoms with Crippen LogP contribution in [0.15, 0.2) is 24.3 Å². The lowest BCUT2D eigenvalue weighted by atomic mass is 10.1. The number of nitrogens with one attached hydrogen (secondary N) is 1. The van der Waals surface area contributed by atoms with E-state index in [9.17, 15) is 19.2 Å². The van der Waals surface area contributed by atoms with Crippen LogP contribution in [0.25, 0.3) is 0 Å². The molecule has 0 radical (unpaired) electrons. The third kappa shape index (κ3) is 4.55. The van der Waals surface area contributed by atoms with E-state index in [1.807, 2.05) is 5.32 Å². The van der Waals surface area contributed by atoms with Crippen molar-refractivity contribution in [1.29, 1.82) is 0 Å². The predicted octanol–water partition coefficient (Wildman–Crippen LogP) is 0.549. The first-order valence-electron chi connectivity index (χ1n) is 7.55. The molecule has 8 heteroatoms. The fraction of sp³-hybridized carbons (Fsp3) is 0.375. The van der Waals surface area contributed by atoms with Gasteiger partial charge in [0.05, 0.1) is 5.56 Å². The number of amides is 4. The van der Waals surface area contributed by atoms with Gasteiger partial charge in [-0.3, -0.25) is 14.9 Å². The lowest BCUT2D eigenvalue weighted by Gasteiger charge is -2.16. The summed E-state index contributed by atoms with van der Waals surface area (Å²) in [5.41, 5.74) is 6.00. The maximum Gasteiger partial charge on any atom is 0.338 e. The van der Waals surface area contributed by atoms with E-state index < -0.39 is 24.0 Å². The number of ether oxygens (including phenoxy) is 1. The van der Waals surface area contributed by atoms with Crippen LogP contribution in [0.5, 0.6) is 0 Å². The summed E-state index contributed by atoms with van der Waals surface area (Å²) in [6, 6.07) is 5.59. The minimum atomic E-state index is -1.15. The van der Waals surface area contributed by atoms with Crippen LogP contribution in [-0.2, 0) is 20.9 Å². The van der Waals surface area contributed by atoms with Crippen molar-refractivity contribution in [3.05, 3.63) is 35.4 Å². The van der Waals surface area contributed by atoms with Gasteiger partial charge in [0.2, 0.25) is 5.91 Å². The molecule has 24 heavy (non-hydrogen) atoms. The normalized spacial score (nSPS) is 15.0. The Kier molecular flexibility index (Phi) is 5.51. The van der Waals surface area contributed by atoms with E-state index in [1.165, 1.54) is 6.92 Å². The quantitative estimate of drug-likeness (QED) is 0.763. The van der Waals surface area contributed by atoms with Crippen molar-refractivity contribution in [3.63, 3.8) is 0 Å². The number of hydrogen-bond donors (Lipinski definition) is 2. The average molecular weight is 333 g/mol. The molecule has 1 saturated heterocycles. The molecule has 8 nitrogen and oxygen atoms in total. The van der Waals surface area contributed by atoms with Crippen LogP contribution in [0.4, 0.5) is 4.79 Å². The second-order valence-electron chi connectivity index (χ2n) is 5.52. The topological polar surface area (TPSA) is 119 Å². The molecular formula is C16H19N3O5. The van der Waals surface area contributed by atoms with E-state index >= 15 is 0 Å². The van der Waals surface area contributed by atoms with Crippen molar-refractivity contribution >= 4 is 23.8 Å². The van der Waals surface area contributed by atoms with Gasteiger partial charge >= 0.3 is 12.0 Å². The standard InChI is InChI=1S/C16H19N3O5/c1-10(14(21)18-16(17)23)24-15(22)12-6-4-11(5-7-12)9-19-8-2-3-13(19)20/h4-7,10H,2-3,8-9H2,1H3,(H3,17,18,21,23)/t10-/m0/s1. The zero-order valence-electron chi connectivity index (χ0n) is 13.3. The van der Waals surface area contributed by atoms with E-state index in [4.69, 9.17) is 10.5 Å². The first kappa shape index (κ1) is 17.5. The molecule has 0 aromatic heterocycles. The maximum atomic E-state index is 12.0. The van der Waals surface area contributed by atoms with Crippen molar-refractivity contribution in [1.82, 2.24) is 10.2 Å². The third-order valence-electron chi connectivity index (χ3n) is 3.63. The van der Waals surface area contributed by atoms with Gasteiger partial charge in [-0.1, -0.05) is 12.1 Å². The van der Waals surface area contributed by atoms with E-state index in [2.05, 4.69) is 0 Å². The fourth-order valence-electron chi connectivity index (χ4n) is 2.34. The van der Waals surface area contributed by atoms with Gasteiger partial charge in [-0.05, 0) is 31.0 Å². The number of imide groups is 1. The lowest BCUT2D eigenvalue weighted by molar-refractivity contribution is -0.128. The van der Waals surface area contributed by atoms with Crippen LogP contribution in [0.2, 0.25) is 0 Å². The molecule has 4 amide bonds. The maximum absolute atomic E-state index is 12.0. The number of esters is 1. The number of benzene rings is 1. The van der Waals surface area contributed by atoms with E-state index in [0.29, 0.717) is 13.0 Å². The fourth-order valence-corrected chi connectivity index (χ4v) is 2.34. The third-order valence-corrected chi connectivity index (χ3v) is 3.63. The summed E-state index contributed by atoms with van der Waals surface area (Å²) in [4.78, 5) is 47.4. The number of urea groups is 1. The highest BCUT2D eigenvalue weighted by atomic mass is 16.5. The van der Waals surface area contributed by atoms with E-state index in [1.54, 1.807) is 29.2 Å². The number of likely N-dealkylation sites (tertiary alicyclic amines) is 1. The van der Waals surface area contributed by atoms with Crippen molar-refractivity contribution in [2.24, 2.45) is 5.73 Å². The Morgan fingerprint density at radius 1 is 1.29 bits per heavy atom. The zero-order chi connectivity index (χ0) is 17.7. The predicted molar refractivity (Wildman–Crippen MR) is 83.7 cm³/mol. The minimum Gasteiger partial charge on any atom is -0.449 e. The van der Waals surface area contributed by atoms with Crippen LogP contribution in [0.1, 0.15) is 35.7 Å². The number of rotatable bonds is 5. The van der Waals surface area contributed by atoms with Gasteiger partial charge < -0.3 is 15.4 Å². The Hall–Kier alpha value is -2.90. The highest BCUT2D eigenvalue weighted by Gasteiger charge is 2.21. The molecule has 1 aliphatic rings. The summed E-state index contributed by atoms with van der Waals surface area (Å²) >= 11 is 0. The summed E-state index contributed by atoms with van der Waals surface area (Å²) in [6.45, 7) is 2.59. The second-order valence-corrected chi connectivity index (χ2v) is 5.52. The van der Waals surface area contributed by atoms with Crippen molar-refractivity contribution in [3.8, 4) is 0 Å². The number of hydrogen-bond acceptors (Lipinski definition) is 5. The number of nitrogens with two attached hydrogens (primary N) is 1. The first-order chi connectivity index (χ1) is 11.4. The Morgan fingerprint density at radius 2 is 1.96 bits per heavy atom. The van der Waals surface area contributed by atoms with Gasteiger partial charge in [0.25, 0.3) is 5.91 Å². The molecule has 3 N–H and O–H groups in total. The van der Waals surface area contributed by atoms with Crippen LogP contribution >= 0.6 is 0 Å². The Morgan fingerprint density at radius 3 is 2.50 bits per heavy atom. The molecule has 0 saturated carbocycles. The van der Waals surface area contributed by atoms with Crippen LogP contribution in [0.3, 0.4) is 0 Å². The number of carbonyl (C=O) groups is 4. The van der Waals surface area contributed by atoms with Crippen LogP contribution in [-0.4, -0.2) is 41.4 Å². The highest BCUT2D eigenvalue weighted by Crippen LogP contribution is 2.15. The van der Waals surface area contributed by atoms with Gasteiger partial charge in [0.15, 0.2) is 6.10 Å². The molecule has 1 heterocycles. The lowest BCUT2D eigenvalue weighted by Crippen LogP contribution is -2.42. The van der Waals surface area contributed by atoms with Gasteiger partial charge in [-0.25, -0.2) is 9.59 Å². The van der Waals surface area contributed by atoms with E-state index in [-0.39, 0.29) is 11.5 Å². The molecule has 0 bridgehead atoms. The van der Waals surface area contributed by atoms with Crippen LogP contribution < -0.4 is 11.1 Å². The number of carbonyl (C=O) groups excluding carboxylic acids is 4. The molecule has 1 aromatic rings. The molecule has 0 unspecified atom stereocenters.